The fraction of sp³-hybridized carbons (Fsp3) is 0.0833. The van der Waals surface area contributed by atoms with Gasteiger partial charge in [0.05, 0.1) is 10.2 Å². The van der Waals surface area contributed by atoms with Gasteiger partial charge >= 0.3 is 0 Å². The van der Waals surface area contributed by atoms with E-state index < -0.39 is 10.0 Å². The Kier molecular flexibility index (Phi) is 4.93. The summed E-state index contributed by atoms with van der Waals surface area (Å²) in [6.45, 7) is 1.84. The van der Waals surface area contributed by atoms with E-state index in [-0.39, 0.29) is 10.0 Å². The van der Waals surface area contributed by atoms with Gasteiger partial charge in [0.2, 0.25) is 0 Å². The van der Waals surface area contributed by atoms with Gasteiger partial charge in [-0.1, -0.05) is 11.6 Å². The first kappa shape index (κ1) is 16.0. The van der Waals surface area contributed by atoms with Crippen LogP contribution in [0, 0.1) is 10.5 Å². The zero-order chi connectivity index (χ0) is 14.9. The van der Waals surface area contributed by atoms with Crippen molar-refractivity contribution in [1.82, 2.24) is 4.98 Å². The van der Waals surface area contributed by atoms with Crippen molar-refractivity contribution in [3.63, 3.8) is 0 Å². The van der Waals surface area contributed by atoms with Crippen molar-refractivity contribution >= 4 is 65.8 Å². The van der Waals surface area contributed by atoms with Crippen molar-refractivity contribution in [2.45, 2.75) is 11.8 Å². The Morgan fingerprint density at radius 3 is 2.65 bits per heavy atom. The average Bonchev–Trinajstić information content (AvgIpc) is 2.36. The molecule has 0 saturated carbocycles. The highest BCUT2D eigenvalue weighted by Gasteiger charge is 2.17. The van der Waals surface area contributed by atoms with E-state index >= 15 is 0 Å². The molecule has 0 fully saturated rings. The smallest absolute Gasteiger partial charge is 0.263 e. The summed E-state index contributed by atoms with van der Waals surface area (Å²) in [7, 11) is -3.69. The molecular formula is C12H9BrClIN2O2S. The molecule has 0 atom stereocenters. The molecule has 0 bridgehead atoms. The molecule has 0 aliphatic rings. The Morgan fingerprint density at radius 1 is 1.35 bits per heavy atom. The highest BCUT2D eigenvalue weighted by atomic mass is 127. The van der Waals surface area contributed by atoms with Gasteiger partial charge in [0.15, 0.2) is 0 Å². The number of pyridine rings is 1. The molecule has 2 aromatic rings. The van der Waals surface area contributed by atoms with Gasteiger partial charge in [0.25, 0.3) is 10.0 Å². The molecule has 2 rings (SSSR count). The van der Waals surface area contributed by atoms with Gasteiger partial charge in [0.1, 0.15) is 10.0 Å². The summed E-state index contributed by atoms with van der Waals surface area (Å²) in [5.41, 5.74) is 1.39. The lowest BCUT2D eigenvalue weighted by molar-refractivity contribution is 0.600. The van der Waals surface area contributed by atoms with Gasteiger partial charge < -0.3 is 0 Å². The number of aryl methyl sites for hydroxylation is 1. The van der Waals surface area contributed by atoms with Crippen molar-refractivity contribution in [2.75, 3.05) is 4.72 Å². The van der Waals surface area contributed by atoms with Crippen LogP contribution >= 0.6 is 50.1 Å². The number of benzene rings is 1. The summed E-state index contributed by atoms with van der Waals surface area (Å²) in [5.74, 6) is 0. The number of hydrogen-bond donors (Lipinski definition) is 1. The van der Waals surface area contributed by atoms with E-state index in [1.807, 2.05) is 19.1 Å². The first-order chi connectivity index (χ1) is 9.29. The Hall–Kier alpha value is -0.380. The predicted molar refractivity (Wildman–Crippen MR) is 91.7 cm³/mol. The second-order valence-electron chi connectivity index (χ2n) is 4.01. The maximum absolute atomic E-state index is 12.3. The van der Waals surface area contributed by atoms with E-state index in [0.717, 1.165) is 9.13 Å². The molecule has 0 aliphatic heterocycles. The van der Waals surface area contributed by atoms with Gasteiger partial charge in [-0.15, -0.1) is 0 Å². The summed E-state index contributed by atoms with van der Waals surface area (Å²) < 4.78 is 28.6. The number of nitrogens with one attached hydrogen (secondary N) is 1. The number of nitrogens with zero attached hydrogens (tertiary/aromatic N) is 1. The van der Waals surface area contributed by atoms with E-state index in [0.29, 0.717) is 10.2 Å². The molecule has 0 spiro atoms. The normalized spacial score (nSPS) is 11.4. The molecule has 4 nitrogen and oxygen atoms in total. The number of aromatic nitrogens is 1. The van der Waals surface area contributed by atoms with Crippen LogP contribution in [0.1, 0.15) is 5.56 Å². The SMILES string of the molecule is Cc1cc(I)ccc1NS(=O)(=O)c1cnc(Cl)c(Br)c1. The van der Waals surface area contributed by atoms with Crippen molar-refractivity contribution in [2.24, 2.45) is 0 Å². The molecule has 106 valence electrons. The summed E-state index contributed by atoms with van der Waals surface area (Å²) >= 11 is 11.1. The zero-order valence-electron chi connectivity index (χ0n) is 10.2. The van der Waals surface area contributed by atoms with E-state index in [9.17, 15) is 8.42 Å². The first-order valence-electron chi connectivity index (χ1n) is 5.39. The average molecular weight is 488 g/mol. The van der Waals surface area contributed by atoms with Crippen LogP contribution in [-0.2, 0) is 10.0 Å². The molecule has 0 saturated heterocycles. The molecule has 1 N–H and O–H groups in total. The van der Waals surface area contributed by atoms with E-state index in [4.69, 9.17) is 11.6 Å². The standard InChI is InChI=1S/C12H9BrClIN2O2S/c1-7-4-8(15)2-3-11(7)17-20(18,19)9-5-10(13)12(14)16-6-9/h2-6,17H,1H3. The van der Waals surface area contributed by atoms with Gasteiger partial charge in [-0.25, -0.2) is 13.4 Å². The maximum Gasteiger partial charge on any atom is 0.263 e. The molecule has 0 amide bonds. The van der Waals surface area contributed by atoms with Crippen LogP contribution in [0.2, 0.25) is 5.15 Å². The highest BCUT2D eigenvalue weighted by molar-refractivity contribution is 14.1. The van der Waals surface area contributed by atoms with Crippen LogP contribution in [0.4, 0.5) is 5.69 Å². The minimum absolute atomic E-state index is 0.0479. The van der Waals surface area contributed by atoms with E-state index in [1.165, 1.54) is 12.3 Å². The highest BCUT2D eigenvalue weighted by Crippen LogP contribution is 2.25. The van der Waals surface area contributed by atoms with E-state index in [1.54, 1.807) is 6.07 Å². The van der Waals surface area contributed by atoms with Gasteiger partial charge in [-0.05, 0) is 75.3 Å². The lowest BCUT2D eigenvalue weighted by Crippen LogP contribution is -2.14. The molecule has 1 heterocycles. The van der Waals surface area contributed by atoms with Crippen molar-refractivity contribution in [1.29, 1.82) is 0 Å². The van der Waals surface area contributed by atoms with Crippen molar-refractivity contribution < 1.29 is 8.42 Å². The second-order valence-corrected chi connectivity index (χ2v) is 8.15. The van der Waals surface area contributed by atoms with Crippen molar-refractivity contribution in [3.05, 3.63) is 49.2 Å². The topological polar surface area (TPSA) is 59.1 Å². The Bertz CT molecular complexity index is 768. The lowest BCUT2D eigenvalue weighted by Gasteiger charge is -2.11. The van der Waals surface area contributed by atoms with Gasteiger partial charge in [-0.3, -0.25) is 4.72 Å². The van der Waals surface area contributed by atoms with Crippen LogP contribution in [-0.4, -0.2) is 13.4 Å². The Morgan fingerprint density at radius 2 is 2.05 bits per heavy atom. The van der Waals surface area contributed by atoms with Gasteiger partial charge in [-0.2, -0.15) is 0 Å². The number of rotatable bonds is 3. The molecular weight excluding hydrogens is 478 g/mol. The van der Waals surface area contributed by atoms with Crippen LogP contribution in [0.25, 0.3) is 0 Å². The fourth-order valence-corrected chi connectivity index (χ4v) is 3.85. The second kappa shape index (κ2) is 6.17. The first-order valence-corrected chi connectivity index (χ1v) is 9.13. The number of hydrogen-bond acceptors (Lipinski definition) is 3. The molecule has 0 unspecified atom stereocenters. The van der Waals surface area contributed by atoms with Crippen LogP contribution in [0.5, 0.6) is 0 Å². The number of halogens is 3. The minimum Gasteiger partial charge on any atom is -0.279 e. The zero-order valence-corrected chi connectivity index (χ0v) is 15.5. The quantitative estimate of drug-likeness (QED) is 0.521. The molecule has 1 aromatic heterocycles. The molecule has 20 heavy (non-hydrogen) atoms. The van der Waals surface area contributed by atoms with Crippen LogP contribution in [0.3, 0.4) is 0 Å². The number of sulfonamides is 1. The largest absolute Gasteiger partial charge is 0.279 e. The van der Waals surface area contributed by atoms with Gasteiger partial charge in [0, 0.05) is 9.77 Å². The fourth-order valence-electron chi connectivity index (χ4n) is 1.50. The Balaban J connectivity index is 2.38. The van der Waals surface area contributed by atoms with E-state index in [2.05, 4.69) is 48.2 Å². The summed E-state index contributed by atoms with van der Waals surface area (Å²) in [6, 6.07) is 6.88. The van der Waals surface area contributed by atoms with Crippen LogP contribution < -0.4 is 4.72 Å². The third-order valence-electron chi connectivity index (χ3n) is 2.51. The number of anilines is 1. The summed E-state index contributed by atoms with van der Waals surface area (Å²) in [4.78, 5) is 3.87. The minimum atomic E-state index is -3.69. The predicted octanol–water partition coefficient (Wildman–Crippen LogP) is 4.21. The van der Waals surface area contributed by atoms with Crippen molar-refractivity contribution in [3.8, 4) is 0 Å². The lowest BCUT2D eigenvalue weighted by atomic mass is 10.2. The molecule has 8 heteroatoms. The monoisotopic (exact) mass is 486 g/mol. The summed E-state index contributed by atoms with van der Waals surface area (Å²) in [5, 5.41) is 0.217. The van der Waals surface area contributed by atoms with Crippen LogP contribution in [0.15, 0.2) is 39.8 Å². The molecule has 0 radical (unpaired) electrons. The summed E-state index contributed by atoms with van der Waals surface area (Å²) in [6.07, 6.45) is 1.22. The maximum atomic E-state index is 12.3. The Labute approximate surface area is 144 Å². The third kappa shape index (κ3) is 3.63. The molecule has 1 aromatic carbocycles. The molecule has 0 aliphatic carbocycles. The third-order valence-corrected chi connectivity index (χ3v) is 5.65.